The van der Waals surface area contributed by atoms with Gasteiger partial charge in [-0.2, -0.15) is 0 Å². The number of aromatic nitrogens is 2. The van der Waals surface area contributed by atoms with Crippen molar-refractivity contribution in [2.24, 2.45) is 11.8 Å². The van der Waals surface area contributed by atoms with Crippen LogP contribution in [0.25, 0.3) is 11.7 Å². The van der Waals surface area contributed by atoms with Crippen LogP contribution in [0.5, 0.6) is 0 Å². The summed E-state index contributed by atoms with van der Waals surface area (Å²) < 4.78 is 10.7. The number of carbonyl (C=O) groups excluding carboxylic acids is 1. The monoisotopic (exact) mass is 321 g/mol. The van der Waals surface area contributed by atoms with Crippen LogP contribution in [0.3, 0.4) is 0 Å². The molecule has 0 bridgehead atoms. The van der Waals surface area contributed by atoms with Crippen LogP contribution in [-0.2, 0) is 4.79 Å². The number of nitrogens with zero attached hydrogens (tertiary/aromatic N) is 3. The predicted molar refractivity (Wildman–Crippen MR) is 82.2 cm³/mol. The summed E-state index contributed by atoms with van der Waals surface area (Å²) in [6.45, 7) is 6.06. The molecule has 0 aromatic carbocycles. The Hall–Kier alpha value is -1.76. The molecule has 2 aromatic heterocycles. The summed E-state index contributed by atoms with van der Waals surface area (Å²) in [6, 6.07) is 3.51. The first-order valence-electron chi connectivity index (χ1n) is 7.39. The fourth-order valence-corrected chi connectivity index (χ4v) is 3.52. The van der Waals surface area contributed by atoms with Crippen molar-refractivity contribution in [1.29, 1.82) is 0 Å². The average Bonchev–Trinajstić information content (AvgIpc) is 3.14. The zero-order valence-electron chi connectivity index (χ0n) is 12.7. The second-order valence-corrected chi connectivity index (χ2v) is 6.81. The molecule has 0 N–H and O–H groups in total. The lowest BCUT2D eigenvalue weighted by Gasteiger charge is -2.34. The molecule has 0 unspecified atom stereocenters. The summed E-state index contributed by atoms with van der Waals surface area (Å²) >= 11 is 1.27. The summed E-state index contributed by atoms with van der Waals surface area (Å²) in [4.78, 5) is 14.2. The predicted octanol–water partition coefficient (Wildman–Crippen LogP) is 2.93. The Kier molecular flexibility index (Phi) is 4.52. The van der Waals surface area contributed by atoms with E-state index < -0.39 is 0 Å². The zero-order valence-corrected chi connectivity index (χ0v) is 13.5. The van der Waals surface area contributed by atoms with Crippen LogP contribution < -0.4 is 0 Å². The van der Waals surface area contributed by atoms with Crippen molar-refractivity contribution in [2.75, 3.05) is 18.8 Å². The minimum atomic E-state index is 0.126. The highest BCUT2D eigenvalue weighted by atomic mass is 32.2. The largest absolute Gasteiger partial charge is 0.459 e. The van der Waals surface area contributed by atoms with Crippen LogP contribution >= 0.6 is 11.8 Å². The quantitative estimate of drug-likeness (QED) is 0.806. The molecule has 0 saturated carbocycles. The molecule has 0 aliphatic carbocycles. The van der Waals surface area contributed by atoms with E-state index in [1.54, 1.807) is 18.4 Å². The molecule has 0 spiro atoms. The summed E-state index contributed by atoms with van der Waals surface area (Å²) in [7, 11) is 0. The Morgan fingerprint density at radius 2 is 2.14 bits per heavy atom. The molecule has 1 saturated heterocycles. The number of thioether (sulfide) groups is 1. The second-order valence-electron chi connectivity index (χ2n) is 5.88. The third kappa shape index (κ3) is 3.52. The number of hydrogen-bond acceptors (Lipinski definition) is 6. The first kappa shape index (κ1) is 15.1. The molecule has 1 aliphatic heterocycles. The molecule has 1 aliphatic rings. The average molecular weight is 321 g/mol. The van der Waals surface area contributed by atoms with Crippen LogP contribution in [0.4, 0.5) is 0 Å². The maximum atomic E-state index is 12.3. The SMILES string of the molecule is C[C@H]1C[C@H](C)CN(C(=O)CSc2nnc(-c3ccco3)o2)C1. The first-order chi connectivity index (χ1) is 10.6. The summed E-state index contributed by atoms with van der Waals surface area (Å²) in [5.74, 6) is 2.43. The minimum absolute atomic E-state index is 0.126. The fraction of sp³-hybridized carbons (Fsp3) is 0.533. The van der Waals surface area contributed by atoms with Crippen molar-refractivity contribution in [3.63, 3.8) is 0 Å². The van der Waals surface area contributed by atoms with Crippen LogP contribution in [-0.4, -0.2) is 39.8 Å². The molecule has 0 radical (unpaired) electrons. The Labute approximate surface area is 133 Å². The highest BCUT2D eigenvalue weighted by molar-refractivity contribution is 7.99. The van der Waals surface area contributed by atoms with Crippen molar-refractivity contribution < 1.29 is 13.6 Å². The number of hydrogen-bond donors (Lipinski definition) is 0. The molecule has 7 heteroatoms. The Balaban J connectivity index is 1.55. The molecule has 2 aromatic rings. The smallest absolute Gasteiger partial charge is 0.284 e. The lowest BCUT2D eigenvalue weighted by atomic mass is 9.92. The molecule has 2 atom stereocenters. The molecule has 6 nitrogen and oxygen atoms in total. The minimum Gasteiger partial charge on any atom is -0.459 e. The topological polar surface area (TPSA) is 72.4 Å². The van der Waals surface area contributed by atoms with Gasteiger partial charge in [0.15, 0.2) is 5.76 Å². The van der Waals surface area contributed by atoms with E-state index in [0.717, 1.165) is 13.1 Å². The normalized spacial score (nSPS) is 22.0. The van der Waals surface area contributed by atoms with Crippen LogP contribution in [0.1, 0.15) is 20.3 Å². The molecule has 22 heavy (non-hydrogen) atoms. The fourth-order valence-electron chi connectivity index (χ4n) is 2.85. The standard InChI is InChI=1S/C15H19N3O3S/c1-10-6-11(2)8-18(7-10)13(19)9-22-15-17-16-14(21-15)12-4-3-5-20-12/h3-5,10-11H,6-9H2,1-2H3/t10-,11-/m0/s1. The zero-order chi connectivity index (χ0) is 15.5. The maximum absolute atomic E-state index is 12.3. The molecule has 118 valence electrons. The van der Waals surface area contributed by atoms with E-state index in [0.29, 0.717) is 34.5 Å². The van der Waals surface area contributed by atoms with E-state index >= 15 is 0 Å². The van der Waals surface area contributed by atoms with Crippen molar-refractivity contribution >= 4 is 17.7 Å². The number of carbonyl (C=O) groups is 1. The van der Waals surface area contributed by atoms with E-state index in [9.17, 15) is 4.79 Å². The van der Waals surface area contributed by atoms with Gasteiger partial charge in [-0.05, 0) is 30.4 Å². The van der Waals surface area contributed by atoms with E-state index in [-0.39, 0.29) is 5.91 Å². The van der Waals surface area contributed by atoms with E-state index in [2.05, 4.69) is 24.0 Å². The number of piperidine rings is 1. The third-order valence-electron chi connectivity index (χ3n) is 3.68. The lowest BCUT2D eigenvalue weighted by molar-refractivity contribution is -0.130. The van der Waals surface area contributed by atoms with Gasteiger partial charge in [0.05, 0.1) is 12.0 Å². The number of likely N-dealkylation sites (tertiary alicyclic amines) is 1. The van der Waals surface area contributed by atoms with Crippen molar-refractivity contribution in [3.05, 3.63) is 18.4 Å². The molecular formula is C15H19N3O3S. The van der Waals surface area contributed by atoms with Gasteiger partial charge in [-0.1, -0.05) is 25.6 Å². The van der Waals surface area contributed by atoms with Gasteiger partial charge >= 0.3 is 0 Å². The summed E-state index contributed by atoms with van der Waals surface area (Å²) in [5, 5.41) is 8.24. The molecule has 1 fully saturated rings. The Morgan fingerprint density at radius 1 is 1.36 bits per heavy atom. The number of furan rings is 1. The van der Waals surface area contributed by atoms with E-state index in [4.69, 9.17) is 8.83 Å². The van der Waals surface area contributed by atoms with E-state index in [1.165, 1.54) is 18.2 Å². The van der Waals surface area contributed by atoms with Gasteiger partial charge < -0.3 is 13.7 Å². The van der Waals surface area contributed by atoms with Gasteiger partial charge in [-0.3, -0.25) is 4.79 Å². The molecule has 3 rings (SSSR count). The molecule has 1 amide bonds. The number of amides is 1. The maximum Gasteiger partial charge on any atom is 0.284 e. The van der Waals surface area contributed by atoms with Crippen molar-refractivity contribution in [2.45, 2.75) is 25.5 Å². The molecule has 3 heterocycles. The lowest BCUT2D eigenvalue weighted by Crippen LogP contribution is -2.43. The van der Waals surface area contributed by atoms with Crippen molar-refractivity contribution in [3.8, 4) is 11.7 Å². The summed E-state index contributed by atoms with van der Waals surface area (Å²) in [5.41, 5.74) is 0. The van der Waals surface area contributed by atoms with Crippen LogP contribution in [0, 0.1) is 11.8 Å². The first-order valence-corrected chi connectivity index (χ1v) is 8.38. The molecular weight excluding hydrogens is 302 g/mol. The highest BCUT2D eigenvalue weighted by Gasteiger charge is 2.25. The number of rotatable bonds is 4. The van der Waals surface area contributed by atoms with Gasteiger partial charge in [0.2, 0.25) is 5.91 Å². The van der Waals surface area contributed by atoms with Gasteiger partial charge in [0, 0.05) is 13.1 Å². The van der Waals surface area contributed by atoms with Crippen molar-refractivity contribution in [1.82, 2.24) is 15.1 Å². The van der Waals surface area contributed by atoms with Gasteiger partial charge in [0.25, 0.3) is 11.1 Å². The Bertz CT molecular complexity index is 616. The second kappa shape index (κ2) is 6.56. The van der Waals surface area contributed by atoms with Gasteiger partial charge in [-0.15, -0.1) is 10.2 Å². The van der Waals surface area contributed by atoms with E-state index in [1.807, 2.05) is 4.90 Å². The van der Waals surface area contributed by atoms with Crippen LogP contribution in [0.2, 0.25) is 0 Å². The van der Waals surface area contributed by atoms with Gasteiger partial charge in [0.1, 0.15) is 0 Å². The van der Waals surface area contributed by atoms with Crippen LogP contribution in [0.15, 0.2) is 32.5 Å². The Morgan fingerprint density at radius 3 is 2.82 bits per heavy atom. The highest BCUT2D eigenvalue weighted by Crippen LogP contribution is 2.25. The summed E-state index contributed by atoms with van der Waals surface area (Å²) in [6.07, 6.45) is 2.74. The third-order valence-corrected chi connectivity index (χ3v) is 4.48. The van der Waals surface area contributed by atoms with Gasteiger partial charge in [-0.25, -0.2) is 0 Å².